The predicted molar refractivity (Wildman–Crippen MR) is 108 cm³/mol. The van der Waals surface area contributed by atoms with Gasteiger partial charge in [0, 0.05) is 44.2 Å². The Balaban J connectivity index is 1.96. The van der Waals surface area contributed by atoms with Gasteiger partial charge in [0.25, 0.3) is 5.56 Å². The molecule has 26 heavy (non-hydrogen) atoms. The smallest absolute Gasteiger partial charge is 0.270 e. The zero-order valence-corrected chi connectivity index (χ0v) is 16.5. The Kier molecular flexibility index (Phi) is 5.99. The maximum Gasteiger partial charge on any atom is 0.270 e. The van der Waals surface area contributed by atoms with E-state index in [1.54, 1.807) is 25.2 Å². The van der Waals surface area contributed by atoms with Gasteiger partial charge in [-0.05, 0) is 12.1 Å². The molecule has 0 spiro atoms. The number of nitrogen functional groups attached to an aromatic ring is 1. The third-order valence-corrected chi connectivity index (χ3v) is 6.28. The third-order valence-electron chi connectivity index (χ3n) is 4.20. The molecule has 1 aliphatic heterocycles. The standard InChI is InChI=1S/C16H20Cl2N6OS/c1-23-15(25)13(26-11-4-2-3-10(17)12(11)18)14(20)22-16(23)24-6-5-21-9(7-19)8-24/h2-4,9,21H,5-8,19-20H2,1H3/t9-/m1/s1. The van der Waals surface area contributed by atoms with E-state index >= 15 is 0 Å². The van der Waals surface area contributed by atoms with E-state index < -0.39 is 0 Å². The van der Waals surface area contributed by atoms with Crippen LogP contribution < -0.4 is 27.2 Å². The first-order valence-electron chi connectivity index (χ1n) is 8.09. The lowest BCUT2D eigenvalue weighted by Crippen LogP contribution is -2.54. The Hall–Kier alpha value is -1.45. The van der Waals surface area contributed by atoms with Crippen molar-refractivity contribution >= 4 is 46.7 Å². The number of nitrogens with zero attached hydrogens (tertiary/aromatic N) is 3. The summed E-state index contributed by atoms with van der Waals surface area (Å²) in [4.78, 5) is 20.4. The van der Waals surface area contributed by atoms with Crippen LogP contribution in [0, 0.1) is 0 Å². The van der Waals surface area contributed by atoms with Crippen molar-refractivity contribution in [3.63, 3.8) is 0 Å². The van der Waals surface area contributed by atoms with Crippen molar-refractivity contribution in [2.75, 3.05) is 36.8 Å². The highest BCUT2D eigenvalue weighted by Crippen LogP contribution is 2.37. The molecule has 0 aliphatic carbocycles. The quantitative estimate of drug-likeness (QED) is 0.697. The molecule has 3 rings (SSSR count). The van der Waals surface area contributed by atoms with Crippen LogP contribution in [0.15, 0.2) is 32.8 Å². The van der Waals surface area contributed by atoms with E-state index in [2.05, 4.69) is 10.3 Å². The highest BCUT2D eigenvalue weighted by molar-refractivity contribution is 7.99. The lowest BCUT2D eigenvalue weighted by Gasteiger charge is -2.34. The number of halogens is 2. The molecular weight excluding hydrogens is 395 g/mol. The number of hydrogen-bond acceptors (Lipinski definition) is 7. The fourth-order valence-corrected chi connectivity index (χ4v) is 4.22. The van der Waals surface area contributed by atoms with Crippen LogP contribution in [0.1, 0.15) is 0 Å². The Morgan fingerprint density at radius 1 is 1.42 bits per heavy atom. The fourth-order valence-electron chi connectivity index (χ4n) is 2.80. The van der Waals surface area contributed by atoms with E-state index in [4.69, 9.17) is 34.7 Å². The molecule has 1 aromatic heterocycles. The maximum atomic E-state index is 12.9. The number of benzene rings is 1. The summed E-state index contributed by atoms with van der Waals surface area (Å²) in [6, 6.07) is 5.40. The van der Waals surface area contributed by atoms with Gasteiger partial charge in [0.15, 0.2) is 0 Å². The summed E-state index contributed by atoms with van der Waals surface area (Å²) < 4.78 is 1.51. The number of anilines is 2. The molecule has 0 amide bonds. The van der Waals surface area contributed by atoms with E-state index in [0.717, 1.165) is 13.1 Å². The summed E-state index contributed by atoms with van der Waals surface area (Å²) in [7, 11) is 1.69. The molecule has 140 valence electrons. The number of piperazine rings is 1. The molecule has 1 atom stereocenters. The zero-order chi connectivity index (χ0) is 18.8. The normalized spacial score (nSPS) is 17.5. The first kappa shape index (κ1) is 19.3. The Morgan fingerprint density at radius 3 is 2.92 bits per heavy atom. The zero-order valence-electron chi connectivity index (χ0n) is 14.2. The molecule has 1 saturated heterocycles. The largest absolute Gasteiger partial charge is 0.382 e. The number of rotatable bonds is 4. The third kappa shape index (κ3) is 3.79. The molecule has 1 aromatic carbocycles. The van der Waals surface area contributed by atoms with Crippen LogP contribution in [0.25, 0.3) is 0 Å². The van der Waals surface area contributed by atoms with E-state index in [-0.39, 0.29) is 17.4 Å². The first-order valence-corrected chi connectivity index (χ1v) is 9.66. The lowest BCUT2D eigenvalue weighted by atomic mass is 10.2. The van der Waals surface area contributed by atoms with Crippen molar-refractivity contribution in [2.24, 2.45) is 12.8 Å². The topological polar surface area (TPSA) is 102 Å². The molecule has 0 radical (unpaired) electrons. The average molecular weight is 415 g/mol. The van der Waals surface area contributed by atoms with Crippen LogP contribution in [0.2, 0.25) is 10.0 Å². The van der Waals surface area contributed by atoms with Crippen LogP contribution in [0.3, 0.4) is 0 Å². The summed E-state index contributed by atoms with van der Waals surface area (Å²) in [5.41, 5.74) is 11.6. The highest BCUT2D eigenvalue weighted by Gasteiger charge is 2.24. The van der Waals surface area contributed by atoms with Gasteiger partial charge in [-0.1, -0.05) is 41.0 Å². The average Bonchev–Trinajstić information content (AvgIpc) is 2.65. The Bertz CT molecular complexity index is 875. The van der Waals surface area contributed by atoms with Crippen molar-refractivity contribution in [1.29, 1.82) is 0 Å². The van der Waals surface area contributed by atoms with Crippen molar-refractivity contribution in [1.82, 2.24) is 14.9 Å². The van der Waals surface area contributed by atoms with Crippen molar-refractivity contribution < 1.29 is 0 Å². The maximum absolute atomic E-state index is 12.9. The molecule has 0 unspecified atom stereocenters. The predicted octanol–water partition coefficient (Wildman–Crippen LogP) is 1.56. The van der Waals surface area contributed by atoms with Gasteiger partial charge in [-0.2, -0.15) is 4.98 Å². The number of hydrogen-bond donors (Lipinski definition) is 3. The minimum atomic E-state index is -0.226. The van der Waals surface area contributed by atoms with E-state index in [1.807, 2.05) is 4.90 Å². The number of nitrogens with one attached hydrogen (secondary N) is 1. The summed E-state index contributed by atoms with van der Waals surface area (Å²) in [5.74, 6) is 0.709. The van der Waals surface area contributed by atoms with Gasteiger partial charge < -0.3 is 21.7 Å². The first-order chi connectivity index (χ1) is 12.4. The lowest BCUT2D eigenvalue weighted by molar-refractivity contribution is 0.454. The SMILES string of the molecule is Cn1c(N2CCN[C@H](CN)C2)nc(N)c(Sc2cccc(Cl)c2Cl)c1=O. The van der Waals surface area contributed by atoms with Crippen LogP contribution in [-0.2, 0) is 7.05 Å². The van der Waals surface area contributed by atoms with Gasteiger partial charge in [-0.3, -0.25) is 9.36 Å². The van der Waals surface area contributed by atoms with Crippen molar-refractivity contribution in [2.45, 2.75) is 15.8 Å². The van der Waals surface area contributed by atoms with E-state index in [1.165, 1.54) is 16.3 Å². The molecule has 10 heteroatoms. The Morgan fingerprint density at radius 2 is 2.19 bits per heavy atom. The summed E-state index contributed by atoms with van der Waals surface area (Å²) in [6.45, 7) is 2.68. The molecule has 1 aliphatic rings. The molecule has 1 fully saturated rings. The Labute approximate surface area is 165 Å². The van der Waals surface area contributed by atoms with E-state index in [9.17, 15) is 4.79 Å². The minimum absolute atomic E-state index is 0.154. The van der Waals surface area contributed by atoms with Gasteiger partial charge in [0.2, 0.25) is 5.95 Å². The van der Waals surface area contributed by atoms with E-state index in [0.29, 0.717) is 38.9 Å². The minimum Gasteiger partial charge on any atom is -0.382 e. The monoisotopic (exact) mass is 414 g/mol. The molecule has 0 saturated carbocycles. The van der Waals surface area contributed by atoms with Crippen molar-refractivity contribution in [3.8, 4) is 0 Å². The second-order valence-corrected chi connectivity index (χ2v) is 7.81. The van der Waals surface area contributed by atoms with Crippen LogP contribution in [0.5, 0.6) is 0 Å². The molecular formula is C16H20Cl2N6OS. The van der Waals surface area contributed by atoms with Gasteiger partial charge in [-0.15, -0.1) is 0 Å². The number of nitrogens with two attached hydrogens (primary N) is 2. The second-order valence-electron chi connectivity index (χ2n) is 5.98. The second kappa shape index (κ2) is 8.06. The van der Waals surface area contributed by atoms with Crippen molar-refractivity contribution in [3.05, 3.63) is 38.6 Å². The highest BCUT2D eigenvalue weighted by atomic mass is 35.5. The van der Waals surface area contributed by atoms with Gasteiger partial charge in [0.1, 0.15) is 10.7 Å². The molecule has 0 bridgehead atoms. The van der Waals surface area contributed by atoms with Gasteiger partial charge in [-0.25, -0.2) is 0 Å². The molecule has 2 heterocycles. The van der Waals surface area contributed by atoms with Gasteiger partial charge in [0.05, 0.1) is 10.0 Å². The molecule has 5 N–H and O–H groups in total. The van der Waals surface area contributed by atoms with Crippen LogP contribution in [0.4, 0.5) is 11.8 Å². The molecule has 2 aromatic rings. The summed E-state index contributed by atoms with van der Waals surface area (Å²) >= 11 is 13.4. The summed E-state index contributed by atoms with van der Waals surface area (Å²) in [6.07, 6.45) is 0. The number of aromatic nitrogens is 2. The summed E-state index contributed by atoms with van der Waals surface area (Å²) in [5, 5.41) is 4.14. The van der Waals surface area contributed by atoms with Crippen LogP contribution >= 0.6 is 35.0 Å². The fraction of sp³-hybridized carbons (Fsp3) is 0.375. The van der Waals surface area contributed by atoms with Crippen LogP contribution in [-0.4, -0.2) is 41.8 Å². The van der Waals surface area contributed by atoms with Gasteiger partial charge >= 0.3 is 0 Å². The molecule has 7 nitrogen and oxygen atoms in total.